The first-order valence-electron chi connectivity index (χ1n) is 3.25. The first-order chi connectivity index (χ1) is 5.65. The topological polar surface area (TPSA) is 53.1 Å². The van der Waals surface area contributed by atoms with Crippen LogP contribution in [-0.4, -0.2) is 10.1 Å². The van der Waals surface area contributed by atoms with Crippen molar-refractivity contribution in [3.8, 4) is 0 Å². The van der Waals surface area contributed by atoms with Crippen LogP contribution in [0, 0.1) is 0 Å². The van der Waals surface area contributed by atoms with E-state index >= 15 is 0 Å². The summed E-state index contributed by atoms with van der Waals surface area (Å²) in [6, 6.07) is 0.960. The summed E-state index contributed by atoms with van der Waals surface area (Å²) in [6.07, 6.45) is -1.86. The highest BCUT2D eigenvalue weighted by Crippen LogP contribution is 2.12. The van der Waals surface area contributed by atoms with E-state index in [0.717, 1.165) is 12.3 Å². The molecular formula is C7H7F2NO2. The third-order valence-corrected chi connectivity index (χ3v) is 1.41. The van der Waals surface area contributed by atoms with E-state index in [4.69, 9.17) is 5.11 Å². The van der Waals surface area contributed by atoms with Gasteiger partial charge in [0.25, 0.3) is 6.43 Å². The summed E-state index contributed by atoms with van der Waals surface area (Å²) in [7, 11) is 0. The normalized spacial score (nSPS) is 10.7. The van der Waals surface area contributed by atoms with E-state index in [1.165, 1.54) is 0 Å². The molecule has 0 aliphatic rings. The molecule has 5 heteroatoms. The van der Waals surface area contributed by atoms with Crippen LogP contribution in [-0.2, 0) is 6.61 Å². The number of aromatic nitrogens is 1. The van der Waals surface area contributed by atoms with Gasteiger partial charge in [-0.3, -0.25) is 4.79 Å². The number of aromatic amines is 1. The van der Waals surface area contributed by atoms with Gasteiger partial charge in [0.2, 0.25) is 0 Å². The van der Waals surface area contributed by atoms with Gasteiger partial charge in [-0.05, 0) is 0 Å². The first-order valence-corrected chi connectivity index (χ1v) is 3.25. The molecule has 0 saturated carbocycles. The Morgan fingerprint density at radius 3 is 2.67 bits per heavy atom. The number of hydrogen-bond acceptors (Lipinski definition) is 2. The summed E-state index contributed by atoms with van der Waals surface area (Å²) >= 11 is 0. The number of rotatable bonds is 2. The zero-order valence-corrected chi connectivity index (χ0v) is 6.05. The monoisotopic (exact) mass is 175 g/mol. The van der Waals surface area contributed by atoms with Gasteiger partial charge in [-0.1, -0.05) is 0 Å². The molecule has 0 unspecified atom stereocenters. The van der Waals surface area contributed by atoms with E-state index in [0.29, 0.717) is 0 Å². The minimum absolute atomic E-state index is 0.226. The van der Waals surface area contributed by atoms with Crippen molar-refractivity contribution in [2.24, 2.45) is 0 Å². The lowest BCUT2D eigenvalue weighted by Gasteiger charge is -1.99. The Kier molecular flexibility index (Phi) is 2.54. The highest BCUT2D eigenvalue weighted by Gasteiger charge is 2.11. The second-order valence-corrected chi connectivity index (χ2v) is 2.24. The van der Waals surface area contributed by atoms with E-state index in [9.17, 15) is 13.6 Å². The quantitative estimate of drug-likeness (QED) is 0.698. The largest absolute Gasteiger partial charge is 0.390 e. The van der Waals surface area contributed by atoms with Crippen molar-refractivity contribution >= 4 is 0 Å². The number of hydrogen-bond donors (Lipinski definition) is 2. The standard InChI is InChI=1S/C7H7F2NO2/c8-7(9)5-2-10-4(3-11)1-6(5)12/h1-2,7,11H,3H2,(H,10,12). The molecule has 0 aromatic carbocycles. The van der Waals surface area contributed by atoms with Gasteiger partial charge in [-0.25, -0.2) is 8.78 Å². The molecule has 0 radical (unpaired) electrons. The lowest BCUT2D eigenvalue weighted by Crippen LogP contribution is -2.10. The Balaban J connectivity index is 3.12. The maximum absolute atomic E-state index is 12.0. The summed E-state index contributed by atoms with van der Waals surface area (Å²) < 4.78 is 24.0. The average Bonchev–Trinajstić information content (AvgIpc) is 2.03. The minimum atomic E-state index is -2.78. The summed E-state index contributed by atoms with van der Waals surface area (Å²) in [5.41, 5.74) is -1.11. The molecular weight excluding hydrogens is 168 g/mol. The Morgan fingerprint density at radius 2 is 2.25 bits per heavy atom. The van der Waals surface area contributed by atoms with Crippen molar-refractivity contribution in [2.45, 2.75) is 13.0 Å². The molecule has 1 aromatic rings. The van der Waals surface area contributed by atoms with Gasteiger partial charge < -0.3 is 10.1 Å². The average molecular weight is 175 g/mol. The Labute approximate surface area is 66.7 Å². The van der Waals surface area contributed by atoms with E-state index in [-0.39, 0.29) is 12.3 Å². The van der Waals surface area contributed by atoms with Gasteiger partial charge in [0.05, 0.1) is 12.2 Å². The molecule has 0 saturated heterocycles. The number of H-pyrrole nitrogens is 1. The third-order valence-electron chi connectivity index (χ3n) is 1.41. The maximum Gasteiger partial charge on any atom is 0.269 e. The van der Waals surface area contributed by atoms with E-state index in [2.05, 4.69) is 4.98 Å². The number of nitrogens with one attached hydrogen (secondary N) is 1. The van der Waals surface area contributed by atoms with Crippen LogP contribution in [0.1, 0.15) is 17.7 Å². The van der Waals surface area contributed by atoms with Crippen LogP contribution in [0.25, 0.3) is 0 Å². The minimum Gasteiger partial charge on any atom is -0.390 e. The van der Waals surface area contributed by atoms with Gasteiger partial charge >= 0.3 is 0 Å². The molecule has 0 aliphatic carbocycles. The lowest BCUT2D eigenvalue weighted by molar-refractivity contribution is 0.149. The second kappa shape index (κ2) is 3.44. The number of aliphatic hydroxyl groups is 1. The fourth-order valence-electron chi connectivity index (χ4n) is 0.787. The first kappa shape index (κ1) is 8.86. The molecule has 0 amide bonds. The highest BCUT2D eigenvalue weighted by molar-refractivity contribution is 5.14. The predicted octanol–water partition coefficient (Wildman–Crippen LogP) is 0.805. The summed E-state index contributed by atoms with van der Waals surface area (Å²) in [6.45, 7) is -0.362. The lowest BCUT2D eigenvalue weighted by atomic mass is 10.2. The van der Waals surface area contributed by atoms with Crippen molar-refractivity contribution in [3.05, 3.63) is 33.7 Å². The van der Waals surface area contributed by atoms with Crippen LogP contribution in [0.2, 0.25) is 0 Å². The molecule has 2 N–H and O–H groups in total. The number of pyridine rings is 1. The molecule has 0 spiro atoms. The molecule has 0 bridgehead atoms. The van der Waals surface area contributed by atoms with Crippen molar-refractivity contribution in [3.63, 3.8) is 0 Å². The smallest absolute Gasteiger partial charge is 0.269 e. The second-order valence-electron chi connectivity index (χ2n) is 2.24. The van der Waals surface area contributed by atoms with E-state index in [1.54, 1.807) is 0 Å². The van der Waals surface area contributed by atoms with E-state index < -0.39 is 17.4 Å². The maximum atomic E-state index is 12.0. The Hall–Kier alpha value is -1.23. The van der Waals surface area contributed by atoms with Gasteiger partial charge in [0.1, 0.15) is 0 Å². The molecule has 66 valence electrons. The fraction of sp³-hybridized carbons (Fsp3) is 0.286. The molecule has 0 aliphatic heterocycles. The zero-order chi connectivity index (χ0) is 9.14. The van der Waals surface area contributed by atoms with Crippen LogP contribution >= 0.6 is 0 Å². The van der Waals surface area contributed by atoms with E-state index in [1.807, 2.05) is 0 Å². The van der Waals surface area contributed by atoms with Gasteiger partial charge in [0.15, 0.2) is 5.43 Å². The Bertz CT molecular complexity index is 321. The van der Waals surface area contributed by atoms with Crippen LogP contribution in [0.4, 0.5) is 8.78 Å². The number of halogens is 2. The molecule has 12 heavy (non-hydrogen) atoms. The molecule has 3 nitrogen and oxygen atoms in total. The van der Waals surface area contributed by atoms with Crippen LogP contribution in [0.5, 0.6) is 0 Å². The third kappa shape index (κ3) is 1.68. The predicted molar refractivity (Wildman–Crippen MR) is 37.9 cm³/mol. The summed E-state index contributed by atoms with van der Waals surface area (Å²) in [4.78, 5) is 13.2. The van der Waals surface area contributed by atoms with Crippen LogP contribution in [0.3, 0.4) is 0 Å². The summed E-state index contributed by atoms with van der Waals surface area (Å²) in [5, 5.41) is 8.53. The molecule has 1 heterocycles. The van der Waals surface area contributed by atoms with Crippen molar-refractivity contribution in [1.29, 1.82) is 0 Å². The Morgan fingerprint density at radius 1 is 1.58 bits per heavy atom. The highest BCUT2D eigenvalue weighted by atomic mass is 19.3. The van der Waals surface area contributed by atoms with Crippen molar-refractivity contribution in [1.82, 2.24) is 4.98 Å². The molecule has 1 aromatic heterocycles. The van der Waals surface area contributed by atoms with Gasteiger partial charge in [-0.2, -0.15) is 0 Å². The number of alkyl halides is 2. The summed E-state index contributed by atoms with van der Waals surface area (Å²) in [5.74, 6) is 0. The van der Waals surface area contributed by atoms with Gasteiger partial charge in [0, 0.05) is 18.0 Å². The number of aliphatic hydroxyl groups excluding tert-OH is 1. The molecule has 0 fully saturated rings. The van der Waals surface area contributed by atoms with Gasteiger partial charge in [-0.15, -0.1) is 0 Å². The fourth-order valence-corrected chi connectivity index (χ4v) is 0.787. The molecule has 1 rings (SSSR count). The van der Waals surface area contributed by atoms with Crippen LogP contribution < -0.4 is 5.43 Å². The van der Waals surface area contributed by atoms with Crippen molar-refractivity contribution in [2.75, 3.05) is 0 Å². The van der Waals surface area contributed by atoms with Crippen LogP contribution in [0.15, 0.2) is 17.1 Å². The SMILES string of the molecule is O=c1cc(CO)[nH]cc1C(F)F. The zero-order valence-electron chi connectivity index (χ0n) is 6.05. The molecule has 0 atom stereocenters. The van der Waals surface area contributed by atoms with Crippen molar-refractivity contribution < 1.29 is 13.9 Å².